The molecule has 6 heteroatoms. The second-order valence-corrected chi connectivity index (χ2v) is 8.91. The summed E-state index contributed by atoms with van der Waals surface area (Å²) in [5, 5.41) is 12.5. The third kappa shape index (κ3) is 6.62. The van der Waals surface area contributed by atoms with E-state index in [2.05, 4.69) is 27.8 Å². The van der Waals surface area contributed by atoms with E-state index in [4.69, 9.17) is 9.47 Å². The highest BCUT2D eigenvalue weighted by molar-refractivity contribution is 9.10. The fourth-order valence-electron chi connectivity index (χ4n) is 3.52. The first-order valence-corrected chi connectivity index (χ1v) is 11.8. The minimum absolute atomic E-state index is 0.0129. The number of carbonyl (C=O) groups is 1. The number of hydrogen-bond acceptors (Lipinski definition) is 4. The fourth-order valence-corrected chi connectivity index (χ4v) is 3.78. The molecular formula is C29H27BrN2O3. The molecule has 3 rings (SSSR count). The van der Waals surface area contributed by atoms with Gasteiger partial charge >= 0.3 is 0 Å². The number of rotatable bonds is 9. The zero-order chi connectivity index (χ0) is 25.4. The first-order chi connectivity index (χ1) is 16.9. The predicted molar refractivity (Wildman–Crippen MR) is 144 cm³/mol. The molecule has 0 atom stereocenters. The normalized spacial score (nSPS) is 10.9. The maximum Gasteiger partial charge on any atom is 0.266 e. The number of allylic oxidation sites excluding steroid dienone is 1. The Labute approximate surface area is 214 Å². The SMILES string of the molecule is C=CCc1cc(/C=C(\C#N)C(=O)Nc2cccc(C)c2C)cc(OC)c1OCc1ccc(Br)cc1. The molecule has 35 heavy (non-hydrogen) atoms. The average molecular weight is 531 g/mol. The van der Waals surface area contributed by atoms with Crippen LogP contribution in [0, 0.1) is 25.2 Å². The van der Waals surface area contributed by atoms with Crippen molar-refractivity contribution in [3.05, 3.63) is 105 Å². The Bertz CT molecular complexity index is 1300. The number of ether oxygens (including phenoxy) is 2. The van der Waals surface area contributed by atoms with Gasteiger partial charge in [-0.25, -0.2) is 0 Å². The number of nitriles is 1. The smallest absolute Gasteiger partial charge is 0.266 e. The summed E-state index contributed by atoms with van der Waals surface area (Å²) < 4.78 is 12.7. The van der Waals surface area contributed by atoms with Gasteiger partial charge in [0.2, 0.25) is 0 Å². The zero-order valence-electron chi connectivity index (χ0n) is 20.0. The summed E-state index contributed by atoms with van der Waals surface area (Å²) in [4.78, 5) is 12.8. The van der Waals surface area contributed by atoms with Crippen molar-refractivity contribution in [3.8, 4) is 17.6 Å². The van der Waals surface area contributed by atoms with E-state index < -0.39 is 5.91 Å². The summed E-state index contributed by atoms with van der Waals surface area (Å²) in [6.45, 7) is 8.11. The predicted octanol–water partition coefficient (Wildman–Crippen LogP) is 6.93. The second-order valence-electron chi connectivity index (χ2n) is 7.99. The fraction of sp³-hybridized carbons (Fsp3) is 0.172. The highest BCUT2D eigenvalue weighted by Gasteiger charge is 2.16. The number of aryl methyl sites for hydroxylation is 1. The number of nitrogens with one attached hydrogen (secondary N) is 1. The summed E-state index contributed by atoms with van der Waals surface area (Å²) in [6.07, 6.45) is 3.85. The van der Waals surface area contributed by atoms with Crippen molar-refractivity contribution in [2.75, 3.05) is 12.4 Å². The lowest BCUT2D eigenvalue weighted by atomic mass is 10.0. The van der Waals surface area contributed by atoms with Gasteiger partial charge in [-0.15, -0.1) is 6.58 Å². The molecule has 0 aliphatic carbocycles. The van der Waals surface area contributed by atoms with E-state index in [0.29, 0.717) is 35.8 Å². The molecule has 0 unspecified atom stereocenters. The summed E-state index contributed by atoms with van der Waals surface area (Å²) in [5.74, 6) is 0.645. The minimum atomic E-state index is -0.471. The Kier molecular flexibility index (Phi) is 8.88. The van der Waals surface area contributed by atoms with Crippen molar-refractivity contribution >= 4 is 33.6 Å². The Balaban J connectivity index is 1.91. The van der Waals surface area contributed by atoms with Crippen molar-refractivity contribution in [2.45, 2.75) is 26.9 Å². The number of carbonyl (C=O) groups excluding carboxylic acids is 1. The number of amides is 1. The largest absolute Gasteiger partial charge is 0.493 e. The lowest BCUT2D eigenvalue weighted by Gasteiger charge is -2.16. The van der Waals surface area contributed by atoms with Crippen LogP contribution in [0.4, 0.5) is 5.69 Å². The second kappa shape index (κ2) is 12.0. The summed E-state index contributed by atoms with van der Waals surface area (Å²) >= 11 is 3.44. The third-order valence-electron chi connectivity index (χ3n) is 5.56. The zero-order valence-corrected chi connectivity index (χ0v) is 21.6. The lowest BCUT2D eigenvalue weighted by molar-refractivity contribution is -0.112. The van der Waals surface area contributed by atoms with Gasteiger partial charge in [-0.2, -0.15) is 5.26 Å². The van der Waals surface area contributed by atoms with Crippen LogP contribution in [-0.2, 0) is 17.8 Å². The van der Waals surface area contributed by atoms with Crippen molar-refractivity contribution in [1.82, 2.24) is 0 Å². The van der Waals surface area contributed by atoms with E-state index in [1.54, 1.807) is 25.3 Å². The summed E-state index contributed by atoms with van der Waals surface area (Å²) in [7, 11) is 1.56. The molecule has 3 aromatic carbocycles. The maximum atomic E-state index is 12.8. The molecule has 0 spiro atoms. The van der Waals surface area contributed by atoms with Crippen LogP contribution in [0.2, 0.25) is 0 Å². The third-order valence-corrected chi connectivity index (χ3v) is 6.09. The van der Waals surface area contributed by atoms with Crippen LogP contribution < -0.4 is 14.8 Å². The molecule has 1 N–H and O–H groups in total. The van der Waals surface area contributed by atoms with Crippen LogP contribution in [0.25, 0.3) is 6.08 Å². The number of benzene rings is 3. The van der Waals surface area contributed by atoms with E-state index >= 15 is 0 Å². The molecule has 0 radical (unpaired) electrons. The number of hydrogen-bond donors (Lipinski definition) is 1. The molecular weight excluding hydrogens is 504 g/mol. The van der Waals surface area contributed by atoms with Crippen LogP contribution in [0.15, 0.2) is 77.3 Å². The van der Waals surface area contributed by atoms with Gasteiger partial charge < -0.3 is 14.8 Å². The van der Waals surface area contributed by atoms with Crippen LogP contribution in [0.5, 0.6) is 11.5 Å². The summed E-state index contributed by atoms with van der Waals surface area (Å²) in [6, 6.07) is 19.2. The molecule has 178 valence electrons. The highest BCUT2D eigenvalue weighted by atomic mass is 79.9. The van der Waals surface area contributed by atoms with Crippen molar-refractivity contribution in [1.29, 1.82) is 5.26 Å². The van der Waals surface area contributed by atoms with Gasteiger partial charge in [0.25, 0.3) is 5.91 Å². The first-order valence-electron chi connectivity index (χ1n) is 11.0. The number of halogens is 1. The monoisotopic (exact) mass is 530 g/mol. The first kappa shape index (κ1) is 25.8. The van der Waals surface area contributed by atoms with Gasteiger partial charge in [-0.1, -0.05) is 46.3 Å². The Hall–Kier alpha value is -3.82. The van der Waals surface area contributed by atoms with Crippen LogP contribution >= 0.6 is 15.9 Å². The topological polar surface area (TPSA) is 71.4 Å². The van der Waals surface area contributed by atoms with Gasteiger partial charge in [-0.05, 0) is 78.9 Å². The van der Waals surface area contributed by atoms with E-state index in [9.17, 15) is 10.1 Å². The van der Waals surface area contributed by atoms with E-state index in [-0.39, 0.29) is 5.57 Å². The van der Waals surface area contributed by atoms with E-state index in [0.717, 1.165) is 26.7 Å². The molecule has 0 aliphatic heterocycles. The number of anilines is 1. The molecule has 0 fully saturated rings. The van der Waals surface area contributed by atoms with E-state index in [1.807, 2.05) is 68.4 Å². The molecule has 3 aromatic rings. The molecule has 0 heterocycles. The molecule has 0 saturated heterocycles. The van der Waals surface area contributed by atoms with Gasteiger partial charge in [-0.3, -0.25) is 4.79 Å². The number of methoxy groups -OCH3 is 1. The van der Waals surface area contributed by atoms with Crippen LogP contribution in [0.1, 0.15) is 27.8 Å². The molecule has 0 aliphatic rings. The van der Waals surface area contributed by atoms with Crippen molar-refractivity contribution < 1.29 is 14.3 Å². The van der Waals surface area contributed by atoms with E-state index in [1.165, 1.54) is 0 Å². The minimum Gasteiger partial charge on any atom is -0.493 e. The quantitative estimate of drug-likeness (QED) is 0.185. The highest BCUT2D eigenvalue weighted by Crippen LogP contribution is 2.35. The standard InChI is InChI=1S/C29H27BrN2O3/c1-5-7-23-14-22(15-24(17-31)29(33)32-26-9-6-8-19(2)20(26)3)16-27(34-4)28(23)35-18-21-10-12-25(30)13-11-21/h5-6,8-16H,1,7,18H2,2-4H3,(H,32,33)/b24-15+. The molecule has 1 amide bonds. The van der Waals surface area contributed by atoms with Crippen molar-refractivity contribution in [3.63, 3.8) is 0 Å². The van der Waals surface area contributed by atoms with Crippen LogP contribution in [-0.4, -0.2) is 13.0 Å². The maximum absolute atomic E-state index is 12.8. The molecule has 0 saturated carbocycles. The van der Waals surface area contributed by atoms with Gasteiger partial charge in [0.1, 0.15) is 18.2 Å². The Morgan fingerprint density at radius 2 is 1.91 bits per heavy atom. The average Bonchev–Trinajstić information content (AvgIpc) is 2.85. The van der Waals surface area contributed by atoms with Gasteiger partial charge in [0.15, 0.2) is 11.5 Å². The van der Waals surface area contributed by atoms with Crippen LogP contribution in [0.3, 0.4) is 0 Å². The van der Waals surface area contributed by atoms with Crippen molar-refractivity contribution in [2.24, 2.45) is 0 Å². The lowest BCUT2D eigenvalue weighted by Crippen LogP contribution is -2.14. The Morgan fingerprint density at radius 3 is 2.57 bits per heavy atom. The summed E-state index contributed by atoms with van der Waals surface area (Å²) in [5.41, 5.74) is 5.19. The number of nitrogens with zero attached hydrogens (tertiary/aromatic N) is 1. The van der Waals surface area contributed by atoms with Gasteiger partial charge in [0.05, 0.1) is 7.11 Å². The van der Waals surface area contributed by atoms with Gasteiger partial charge in [0, 0.05) is 15.7 Å². The Morgan fingerprint density at radius 1 is 1.17 bits per heavy atom. The molecule has 0 bridgehead atoms. The molecule has 5 nitrogen and oxygen atoms in total. The molecule has 0 aromatic heterocycles.